The topological polar surface area (TPSA) is 84.9 Å². The molecule has 2 N–H and O–H groups in total. The standard InChI is InChI=1S/C20H20FN5O2S/c1-27-9-20(28-2)4-3-12-16(7-20)29-19-17(12)18(22-10-23-19)25-15-5-11-8-24-26-14(11)6-13(15)21/h5-6,8,10H,3-4,7,9H2,1-2H3,(H,24,26)(H,22,23,25)/t20-/m1/s1. The highest BCUT2D eigenvalue weighted by Gasteiger charge is 2.37. The van der Waals surface area contributed by atoms with E-state index in [1.807, 2.05) is 0 Å². The van der Waals surface area contributed by atoms with Crippen LogP contribution in [0.15, 0.2) is 24.7 Å². The maximum Gasteiger partial charge on any atom is 0.148 e. The van der Waals surface area contributed by atoms with E-state index in [4.69, 9.17) is 9.47 Å². The minimum absolute atomic E-state index is 0.317. The molecule has 0 saturated heterocycles. The van der Waals surface area contributed by atoms with Crippen LogP contribution >= 0.6 is 11.3 Å². The first-order chi connectivity index (χ1) is 14.1. The van der Waals surface area contributed by atoms with Crippen molar-refractivity contribution in [3.05, 3.63) is 40.9 Å². The molecule has 7 nitrogen and oxygen atoms in total. The molecule has 0 saturated carbocycles. The van der Waals surface area contributed by atoms with Crippen LogP contribution in [0.3, 0.4) is 0 Å². The van der Waals surface area contributed by atoms with Crippen molar-refractivity contribution >= 4 is 44.0 Å². The Balaban J connectivity index is 1.56. The average Bonchev–Trinajstić information content (AvgIpc) is 3.32. The molecule has 1 aromatic carbocycles. The lowest BCUT2D eigenvalue weighted by atomic mass is 9.84. The van der Waals surface area contributed by atoms with Gasteiger partial charge >= 0.3 is 0 Å². The molecule has 1 aliphatic carbocycles. The van der Waals surface area contributed by atoms with Crippen LogP contribution in [0.1, 0.15) is 16.9 Å². The highest BCUT2D eigenvalue weighted by molar-refractivity contribution is 7.19. The zero-order chi connectivity index (χ0) is 20.0. The van der Waals surface area contributed by atoms with E-state index >= 15 is 0 Å². The van der Waals surface area contributed by atoms with Crippen LogP contribution < -0.4 is 5.32 Å². The van der Waals surface area contributed by atoms with E-state index in [9.17, 15) is 4.39 Å². The van der Waals surface area contributed by atoms with Crippen LogP contribution in [0, 0.1) is 5.82 Å². The lowest BCUT2D eigenvalue weighted by Gasteiger charge is -2.35. The van der Waals surface area contributed by atoms with Gasteiger partial charge < -0.3 is 14.8 Å². The fraction of sp³-hybridized carbons (Fsp3) is 0.350. The third-order valence-corrected chi connectivity index (χ3v) is 6.75. The number of anilines is 2. The monoisotopic (exact) mass is 413 g/mol. The van der Waals surface area contributed by atoms with Gasteiger partial charge in [-0.2, -0.15) is 5.10 Å². The molecule has 0 aliphatic heterocycles. The number of aryl methyl sites for hydroxylation is 1. The Morgan fingerprint density at radius 3 is 3.03 bits per heavy atom. The van der Waals surface area contributed by atoms with Crippen LogP contribution in [-0.4, -0.2) is 46.6 Å². The number of nitrogens with one attached hydrogen (secondary N) is 2. The normalized spacial score (nSPS) is 19.0. The Labute approximate surface area is 170 Å². The number of methoxy groups -OCH3 is 2. The first-order valence-corrected chi connectivity index (χ1v) is 10.1. The quantitative estimate of drug-likeness (QED) is 0.515. The van der Waals surface area contributed by atoms with E-state index in [2.05, 4.69) is 25.5 Å². The van der Waals surface area contributed by atoms with Crippen LogP contribution in [0.5, 0.6) is 0 Å². The van der Waals surface area contributed by atoms with Crippen molar-refractivity contribution in [2.24, 2.45) is 0 Å². The number of rotatable bonds is 5. The highest BCUT2D eigenvalue weighted by atomic mass is 32.1. The number of aromatic nitrogens is 4. The van der Waals surface area contributed by atoms with Gasteiger partial charge in [0.2, 0.25) is 0 Å². The molecule has 5 rings (SSSR count). The van der Waals surface area contributed by atoms with Gasteiger partial charge in [0.15, 0.2) is 0 Å². The predicted molar refractivity (Wildman–Crippen MR) is 110 cm³/mol. The van der Waals surface area contributed by atoms with Crippen molar-refractivity contribution in [2.45, 2.75) is 24.9 Å². The van der Waals surface area contributed by atoms with Crippen molar-refractivity contribution < 1.29 is 13.9 Å². The number of fused-ring (bicyclic) bond motifs is 4. The Morgan fingerprint density at radius 2 is 2.21 bits per heavy atom. The number of aromatic amines is 1. The van der Waals surface area contributed by atoms with Gasteiger partial charge in [0, 0.05) is 37.0 Å². The van der Waals surface area contributed by atoms with Gasteiger partial charge in [-0.15, -0.1) is 11.3 Å². The van der Waals surface area contributed by atoms with Crippen molar-refractivity contribution in [3.63, 3.8) is 0 Å². The van der Waals surface area contributed by atoms with Crippen molar-refractivity contribution in [3.8, 4) is 0 Å². The van der Waals surface area contributed by atoms with E-state index < -0.39 is 0 Å². The summed E-state index contributed by atoms with van der Waals surface area (Å²) in [7, 11) is 3.43. The molecule has 1 atom stereocenters. The molecule has 0 amide bonds. The zero-order valence-corrected chi connectivity index (χ0v) is 16.9. The van der Waals surface area contributed by atoms with E-state index in [-0.39, 0.29) is 11.4 Å². The fourth-order valence-electron chi connectivity index (χ4n) is 4.08. The molecular weight excluding hydrogens is 393 g/mol. The number of halogens is 1. The minimum atomic E-state index is -0.365. The number of H-pyrrole nitrogens is 1. The SMILES string of the molecule is COC[C@@]1(OC)CCc2c(sc3ncnc(Nc4cc5cn[nH]c5cc4F)c23)C1. The van der Waals surface area contributed by atoms with Gasteiger partial charge in [0.1, 0.15) is 22.8 Å². The fourth-order valence-corrected chi connectivity index (χ4v) is 5.40. The summed E-state index contributed by atoms with van der Waals surface area (Å²) in [6.07, 6.45) is 5.63. The second-order valence-corrected chi connectivity index (χ2v) is 8.40. The van der Waals surface area contributed by atoms with Crippen LogP contribution in [0.2, 0.25) is 0 Å². The smallest absolute Gasteiger partial charge is 0.148 e. The summed E-state index contributed by atoms with van der Waals surface area (Å²) in [6.45, 7) is 0.546. The van der Waals surface area contributed by atoms with Crippen LogP contribution in [-0.2, 0) is 22.3 Å². The summed E-state index contributed by atoms with van der Waals surface area (Å²) in [6, 6.07) is 3.17. The number of hydrogen-bond donors (Lipinski definition) is 2. The number of nitrogens with zero attached hydrogens (tertiary/aromatic N) is 3. The van der Waals surface area contributed by atoms with Gasteiger partial charge in [-0.3, -0.25) is 5.10 Å². The molecule has 0 radical (unpaired) electrons. The number of thiophene rings is 1. The number of benzene rings is 1. The first-order valence-electron chi connectivity index (χ1n) is 9.31. The number of hydrogen-bond acceptors (Lipinski definition) is 7. The molecule has 3 heterocycles. The molecular formula is C20H20FN5O2S. The third-order valence-electron chi connectivity index (χ3n) is 5.61. The minimum Gasteiger partial charge on any atom is -0.382 e. The second-order valence-electron chi connectivity index (χ2n) is 7.32. The van der Waals surface area contributed by atoms with Crippen molar-refractivity contribution in [1.29, 1.82) is 0 Å². The Kier molecular flexibility index (Phi) is 4.45. The highest BCUT2D eigenvalue weighted by Crippen LogP contribution is 2.42. The van der Waals surface area contributed by atoms with Crippen molar-refractivity contribution in [2.75, 3.05) is 26.1 Å². The van der Waals surface area contributed by atoms with Gasteiger partial charge in [0.05, 0.1) is 35.0 Å². The van der Waals surface area contributed by atoms with Gasteiger partial charge in [-0.25, -0.2) is 14.4 Å². The van der Waals surface area contributed by atoms with Gasteiger partial charge in [-0.1, -0.05) is 0 Å². The summed E-state index contributed by atoms with van der Waals surface area (Å²) >= 11 is 1.64. The molecule has 1 aliphatic rings. The van der Waals surface area contributed by atoms with E-state index in [1.54, 1.807) is 37.8 Å². The molecule has 9 heteroatoms. The first kappa shape index (κ1) is 18.4. The largest absolute Gasteiger partial charge is 0.382 e. The number of ether oxygens (including phenoxy) is 2. The maximum absolute atomic E-state index is 14.6. The van der Waals surface area contributed by atoms with E-state index in [1.165, 1.54) is 22.8 Å². The molecule has 3 aromatic heterocycles. The molecule has 0 spiro atoms. The van der Waals surface area contributed by atoms with E-state index in [0.717, 1.165) is 34.9 Å². The molecule has 0 unspecified atom stereocenters. The summed E-state index contributed by atoms with van der Waals surface area (Å²) in [5.41, 5.74) is 1.91. The van der Waals surface area contributed by atoms with E-state index in [0.29, 0.717) is 23.6 Å². The summed E-state index contributed by atoms with van der Waals surface area (Å²) in [4.78, 5) is 11.0. The molecule has 4 aromatic rings. The molecule has 150 valence electrons. The molecule has 0 fully saturated rings. The predicted octanol–water partition coefficient (Wildman–Crippen LogP) is 3.97. The summed E-state index contributed by atoms with van der Waals surface area (Å²) < 4.78 is 25.8. The Hall–Kier alpha value is -2.62. The third kappa shape index (κ3) is 3.06. The van der Waals surface area contributed by atoms with Crippen LogP contribution in [0.4, 0.5) is 15.9 Å². The van der Waals surface area contributed by atoms with Crippen LogP contribution in [0.25, 0.3) is 21.1 Å². The van der Waals surface area contributed by atoms with Crippen molar-refractivity contribution in [1.82, 2.24) is 20.2 Å². The maximum atomic E-state index is 14.6. The lowest BCUT2D eigenvalue weighted by molar-refractivity contribution is -0.0714. The average molecular weight is 413 g/mol. The van der Waals surface area contributed by atoms with Gasteiger partial charge in [0.25, 0.3) is 0 Å². The van der Waals surface area contributed by atoms with Gasteiger partial charge in [-0.05, 0) is 24.5 Å². The Morgan fingerprint density at radius 1 is 1.31 bits per heavy atom. The zero-order valence-electron chi connectivity index (χ0n) is 16.1. The molecule has 0 bridgehead atoms. The summed E-state index contributed by atoms with van der Waals surface area (Å²) in [5, 5.41) is 11.7. The molecule has 29 heavy (non-hydrogen) atoms. The lowest BCUT2D eigenvalue weighted by Crippen LogP contribution is -2.41. The summed E-state index contributed by atoms with van der Waals surface area (Å²) in [5.74, 6) is 0.252. The Bertz CT molecular complexity index is 1210. The second kappa shape index (κ2) is 7.01.